The first-order valence-corrected chi connectivity index (χ1v) is 7.65. The van der Waals surface area contributed by atoms with E-state index < -0.39 is 5.60 Å². The molecule has 2 nitrogen and oxygen atoms in total. The van der Waals surface area contributed by atoms with Crippen molar-refractivity contribution in [3.63, 3.8) is 0 Å². The highest BCUT2D eigenvalue weighted by molar-refractivity contribution is 9.10. The second kappa shape index (κ2) is 5.43. The van der Waals surface area contributed by atoms with Crippen molar-refractivity contribution in [1.82, 2.24) is 0 Å². The van der Waals surface area contributed by atoms with Crippen molar-refractivity contribution in [3.05, 3.63) is 63.4 Å². The third-order valence-corrected chi connectivity index (χ3v) is 4.62. The summed E-state index contributed by atoms with van der Waals surface area (Å²) in [5.74, 6) is 0.416. The average Bonchev–Trinajstić information content (AvgIpc) is 2.79. The van der Waals surface area contributed by atoms with Crippen molar-refractivity contribution < 1.29 is 14.2 Å². The Morgan fingerprint density at radius 2 is 2.10 bits per heavy atom. The lowest BCUT2D eigenvalue weighted by Gasteiger charge is -2.25. The number of aryl methyl sites for hydroxylation is 1. The van der Waals surface area contributed by atoms with Crippen molar-refractivity contribution in [2.75, 3.05) is 7.11 Å². The Morgan fingerprint density at radius 1 is 1.29 bits per heavy atom. The van der Waals surface area contributed by atoms with E-state index in [4.69, 9.17) is 4.74 Å². The summed E-state index contributed by atoms with van der Waals surface area (Å²) in [6.07, 6.45) is 1.67. The van der Waals surface area contributed by atoms with Gasteiger partial charge in [-0.3, -0.25) is 0 Å². The van der Waals surface area contributed by atoms with E-state index >= 15 is 0 Å². The van der Waals surface area contributed by atoms with Crippen LogP contribution in [0, 0.1) is 5.82 Å². The highest BCUT2D eigenvalue weighted by Gasteiger charge is 2.37. The predicted molar refractivity (Wildman–Crippen MR) is 83.0 cm³/mol. The minimum absolute atomic E-state index is 0.270. The van der Waals surface area contributed by atoms with E-state index in [1.165, 1.54) is 6.07 Å². The lowest BCUT2D eigenvalue weighted by Crippen LogP contribution is -2.26. The van der Waals surface area contributed by atoms with Crippen molar-refractivity contribution in [3.8, 4) is 5.75 Å². The fraction of sp³-hybridized carbons (Fsp3) is 0.294. The van der Waals surface area contributed by atoms with E-state index in [2.05, 4.69) is 15.9 Å². The van der Waals surface area contributed by atoms with E-state index in [0.29, 0.717) is 22.2 Å². The maximum Gasteiger partial charge on any atom is 0.127 e. The van der Waals surface area contributed by atoms with Gasteiger partial charge in [-0.15, -0.1) is 0 Å². The average molecular weight is 351 g/mol. The molecule has 0 saturated heterocycles. The molecule has 1 atom stereocenters. The zero-order valence-corrected chi connectivity index (χ0v) is 13.3. The zero-order chi connectivity index (χ0) is 15.0. The summed E-state index contributed by atoms with van der Waals surface area (Å²) < 4.78 is 20.0. The molecule has 2 aromatic carbocycles. The molecule has 1 aliphatic carbocycles. The summed E-state index contributed by atoms with van der Waals surface area (Å²) in [4.78, 5) is 0. The molecule has 2 aromatic rings. The molecule has 3 rings (SSSR count). The number of hydrogen-bond donors (Lipinski definition) is 1. The number of halogens is 2. The van der Waals surface area contributed by atoms with Crippen molar-refractivity contribution >= 4 is 15.9 Å². The molecule has 0 aliphatic heterocycles. The zero-order valence-electron chi connectivity index (χ0n) is 11.7. The predicted octanol–water partition coefficient (Wildman–Crippen LogP) is 3.97. The summed E-state index contributed by atoms with van der Waals surface area (Å²) in [6.45, 7) is 0. The molecule has 1 unspecified atom stereocenters. The summed E-state index contributed by atoms with van der Waals surface area (Å²) in [5.41, 5.74) is 1.45. The Kier molecular flexibility index (Phi) is 3.76. The number of ether oxygens (including phenoxy) is 1. The van der Waals surface area contributed by atoms with Crippen LogP contribution in [0.3, 0.4) is 0 Å². The van der Waals surface area contributed by atoms with E-state index in [-0.39, 0.29) is 12.2 Å². The summed E-state index contributed by atoms with van der Waals surface area (Å²) in [5, 5.41) is 11.0. The van der Waals surface area contributed by atoms with Gasteiger partial charge in [0, 0.05) is 10.9 Å². The maximum atomic E-state index is 14.0. The Hall–Kier alpha value is -1.39. The molecule has 1 aliphatic rings. The third-order valence-electron chi connectivity index (χ3n) is 4.12. The minimum atomic E-state index is -1.03. The molecule has 0 bridgehead atoms. The van der Waals surface area contributed by atoms with Crippen LogP contribution in [0.4, 0.5) is 4.39 Å². The molecular formula is C17H16BrFO2. The van der Waals surface area contributed by atoms with Gasteiger partial charge in [-0.05, 0) is 53.8 Å². The first-order chi connectivity index (χ1) is 10.0. The summed E-state index contributed by atoms with van der Waals surface area (Å²) >= 11 is 3.25. The Labute approximate surface area is 131 Å². The molecule has 0 fully saturated rings. The fourth-order valence-corrected chi connectivity index (χ4v) is 3.31. The van der Waals surface area contributed by atoms with E-state index in [1.807, 2.05) is 18.2 Å². The molecule has 0 heterocycles. The molecule has 0 spiro atoms. The van der Waals surface area contributed by atoms with Gasteiger partial charge in [-0.25, -0.2) is 4.39 Å². The second-order valence-electron chi connectivity index (χ2n) is 5.47. The summed E-state index contributed by atoms with van der Waals surface area (Å²) in [7, 11) is 1.60. The molecule has 0 saturated carbocycles. The van der Waals surface area contributed by atoms with Crippen LogP contribution in [0.5, 0.6) is 5.75 Å². The Morgan fingerprint density at radius 3 is 2.81 bits per heavy atom. The van der Waals surface area contributed by atoms with Crippen molar-refractivity contribution in [1.29, 1.82) is 0 Å². The lowest BCUT2D eigenvalue weighted by atomic mass is 9.88. The van der Waals surface area contributed by atoms with Gasteiger partial charge in [0.25, 0.3) is 0 Å². The SMILES string of the molecule is COc1ccc2c(c1)C(O)(Cc1ccc(Br)cc1F)CC2. The van der Waals surface area contributed by atoms with Gasteiger partial charge in [-0.1, -0.05) is 28.1 Å². The van der Waals surface area contributed by atoms with Crippen LogP contribution < -0.4 is 4.74 Å². The van der Waals surface area contributed by atoms with Crippen LogP contribution in [-0.2, 0) is 18.4 Å². The molecule has 0 radical (unpaired) electrons. The Bertz CT molecular complexity index is 686. The smallest absolute Gasteiger partial charge is 0.127 e. The third kappa shape index (κ3) is 2.70. The standard InChI is InChI=1S/C17H16BrFO2/c1-21-14-5-3-11-6-7-17(20,15(11)9-14)10-12-2-4-13(18)8-16(12)19/h2-5,8-9,20H,6-7,10H2,1H3. The van der Waals surface area contributed by atoms with Crippen LogP contribution >= 0.6 is 15.9 Å². The van der Waals surface area contributed by atoms with Crippen molar-refractivity contribution in [2.24, 2.45) is 0 Å². The first kappa shape index (κ1) is 14.5. The molecule has 4 heteroatoms. The van der Waals surface area contributed by atoms with Crippen molar-refractivity contribution in [2.45, 2.75) is 24.9 Å². The second-order valence-corrected chi connectivity index (χ2v) is 6.38. The highest BCUT2D eigenvalue weighted by Crippen LogP contribution is 2.41. The number of hydrogen-bond acceptors (Lipinski definition) is 2. The molecule has 110 valence electrons. The van der Waals surface area contributed by atoms with E-state index in [9.17, 15) is 9.50 Å². The van der Waals surface area contributed by atoms with Gasteiger partial charge in [0.05, 0.1) is 12.7 Å². The quantitative estimate of drug-likeness (QED) is 0.907. The Balaban J connectivity index is 1.96. The first-order valence-electron chi connectivity index (χ1n) is 6.85. The number of rotatable bonds is 3. The molecule has 0 aromatic heterocycles. The lowest BCUT2D eigenvalue weighted by molar-refractivity contribution is 0.0379. The number of aliphatic hydroxyl groups is 1. The number of benzene rings is 2. The van der Waals surface area contributed by atoms with Crippen LogP contribution in [0.1, 0.15) is 23.1 Å². The van der Waals surface area contributed by atoms with Gasteiger partial charge in [-0.2, -0.15) is 0 Å². The molecule has 21 heavy (non-hydrogen) atoms. The van der Waals surface area contributed by atoms with Crippen LogP contribution in [0.2, 0.25) is 0 Å². The van der Waals surface area contributed by atoms with E-state index in [0.717, 1.165) is 17.5 Å². The molecule has 1 N–H and O–H groups in total. The number of methoxy groups -OCH3 is 1. The van der Waals surface area contributed by atoms with Gasteiger partial charge in [0.1, 0.15) is 11.6 Å². The van der Waals surface area contributed by atoms with Gasteiger partial charge >= 0.3 is 0 Å². The topological polar surface area (TPSA) is 29.5 Å². The largest absolute Gasteiger partial charge is 0.497 e. The fourth-order valence-electron chi connectivity index (χ4n) is 2.97. The monoisotopic (exact) mass is 350 g/mol. The highest BCUT2D eigenvalue weighted by atomic mass is 79.9. The van der Waals surface area contributed by atoms with Crippen LogP contribution in [-0.4, -0.2) is 12.2 Å². The van der Waals surface area contributed by atoms with E-state index in [1.54, 1.807) is 19.2 Å². The molecular weight excluding hydrogens is 335 g/mol. The van der Waals surface area contributed by atoms with Gasteiger partial charge < -0.3 is 9.84 Å². The maximum absolute atomic E-state index is 14.0. The van der Waals surface area contributed by atoms with Gasteiger partial charge in [0.15, 0.2) is 0 Å². The molecule has 0 amide bonds. The minimum Gasteiger partial charge on any atom is -0.497 e. The van der Waals surface area contributed by atoms with Gasteiger partial charge in [0.2, 0.25) is 0 Å². The van der Waals surface area contributed by atoms with Crippen LogP contribution in [0.15, 0.2) is 40.9 Å². The number of fused-ring (bicyclic) bond motifs is 1. The summed E-state index contributed by atoms with van der Waals surface area (Å²) in [6, 6.07) is 10.7. The van der Waals surface area contributed by atoms with Crippen LogP contribution in [0.25, 0.3) is 0 Å². The normalized spacial score (nSPS) is 20.4.